The predicted molar refractivity (Wildman–Crippen MR) is 83.5 cm³/mol. The second-order valence-electron chi connectivity index (χ2n) is 6.75. The van der Waals surface area contributed by atoms with Crippen LogP contribution in [0.4, 0.5) is 4.39 Å². The zero-order valence-corrected chi connectivity index (χ0v) is 13.1. The van der Waals surface area contributed by atoms with E-state index in [9.17, 15) is 14.0 Å². The van der Waals surface area contributed by atoms with Crippen molar-refractivity contribution in [3.05, 3.63) is 35.6 Å². The van der Waals surface area contributed by atoms with Gasteiger partial charge in [0.25, 0.3) is 0 Å². The van der Waals surface area contributed by atoms with E-state index in [4.69, 9.17) is 5.11 Å². The van der Waals surface area contributed by atoms with Gasteiger partial charge in [0.1, 0.15) is 5.82 Å². The monoisotopic (exact) mass is 319 g/mol. The Kier molecular flexibility index (Phi) is 4.37. The number of carboxylic acid groups (broad SMARTS) is 1. The van der Waals surface area contributed by atoms with Crippen LogP contribution < -0.4 is 0 Å². The van der Waals surface area contributed by atoms with E-state index in [1.807, 2.05) is 4.90 Å². The number of benzene rings is 1. The third-order valence-corrected chi connectivity index (χ3v) is 5.12. The molecule has 2 aliphatic rings. The highest BCUT2D eigenvalue weighted by Crippen LogP contribution is 2.50. The lowest BCUT2D eigenvalue weighted by molar-refractivity contribution is -0.137. The van der Waals surface area contributed by atoms with Crippen molar-refractivity contribution < 1.29 is 19.1 Å². The molecule has 1 aromatic carbocycles. The summed E-state index contributed by atoms with van der Waals surface area (Å²) in [5.74, 6) is -0.848. The number of hydrogen-bond donors (Lipinski definition) is 1. The molecule has 3 rings (SSSR count). The second-order valence-corrected chi connectivity index (χ2v) is 6.75. The Morgan fingerprint density at radius 2 is 2.04 bits per heavy atom. The van der Waals surface area contributed by atoms with Crippen molar-refractivity contribution in [3.8, 4) is 0 Å². The first-order valence-corrected chi connectivity index (χ1v) is 8.29. The first-order chi connectivity index (χ1) is 11.0. The van der Waals surface area contributed by atoms with E-state index < -0.39 is 11.4 Å². The molecule has 1 atom stereocenters. The summed E-state index contributed by atoms with van der Waals surface area (Å²) in [5, 5.41) is 8.82. The van der Waals surface area contributed by atoms with Crippen LogP contribution in [0.1, 0.15) is 44.1 Å². The zero-order chi connectivity index (χ0) is 16.4. The normalized spacial score (nSPS) is 22.7. The van der Waals surface area contributed by atoms with Crippen molar-refractivity contribution in [3.63, 3.8) is 0 Å². The second kappa shape index (κ2) is 6.30. The number of nitrogens with zero attached hydrogens (tertiary/aromatic N) is 1. The van der Waals surface area contributed by atoms with Gasteiger partial charge in [-0.1, -0.05) is 18.2 Å². The Morgan fingerprint density at radius 3 is 2.70 bits per heavy atom. The Morgan fingerprint density at radius 1 is 1.30 bits per heavy atom. The SMILES string of the molecule is O=C(O)CC[C@H]1CCCN(C(=O)C2(c3ccccc3F)CC2)C1. The summed E-state index contributed by atoms with van der Waals surface area (Å²) in [7, 11) is 0. The van der Waals surface area contributed by atoms with Crippen LogP contribution >= 0.6 is 0 Å². The number of hydrogen-bond acceptors (Lipinski definition) is 2. The molecule has 0 unspecified atom stereocenters. The molecule has 0 aromatic heterocycles. The van der Waals surface area contributed by atoms with E-state index in [0.717, 1.165) is 12.8 Å². The van der Waals surface area contributed by atoms with Gasteiger partial charge in [0.2, 0.25) is 5.91 Å². The molecule has 1 heterocycles. The summed E-state index contributed by atoms with van der Waals surface area (Å²) >= 11 is 0. The van der Waals surface area contributed by atoms with Gasteiger partial charge >= 0.3 is 5.97 Å². The molecule has 1 saturated carbocycles. The van der Waals surface area contributed by atoms with Crippen LogP contribution in [-0.4, -0.2) is 35.0 Å². The number of amides is 1. The fourth-order valence-corrected chi connectivity index (χ4v) is 3.69. The standard InChI is InChI=1S/C18H22FNO3/c19-15-6-2-1-5-14(15)18(9-10-18)17(23)20-11-3-4-13(12-20)7-8-16(21)22/h1-2,5-6,13H,3-4,7-12H2,(H,21,22)/t13-/m1/s1. The van der Waals surface area contributed by atoms with Gasteiger partial charge in [-0.15, -0.1) is 0 Å². The van der Waals surface area contributed by atoms with Crippen LogP contribution in [0.3, 0.4) is 0 Å². The highest BCUT2D eigenvalue weighted by molar-refractivity contribution is 5.91. The van der Waals surface area contributed by atoms with E-state index in [0.29, 0.717) is 37.9 Å². The van der Waals surface area contributed by atoms with Gasteiger partial charge < -0.3 is 10.0 Å². The molecule has 1 aromatic rings. The summed E-state index contributed by atoms with van der Waals surface area (Å²) in [6.45, 7) is 1.29. The minimum Gasteiger partial charge on any atom is -0.481 e. The summed E-state index contributed by atoms with van der Waals surface area (Å²) in [6, 6.07) is 6.54. The molecule has 1 aliphatic carbocycles. The van der Waals surface area contributed by atoms with Gasteiger partial charge in [0, 0.05) is 25.1 Å². The smallest absolute Gasteiger partial charge is 0.303 e. The molecular formula is C18H22FNO3. The number of likely N-dealkylation sites (tertiary alicyclic amines) is 1. The molecular weight excluding hydrogens is 297 g/mol. The van der Waals surface area contributed by atoms with Gasteiger partial charge in [-0.05, 0) is 44.1 Å². The average Bonchev–Trinajstić information content (AvgIpc) is 3.34. The quantitative estimate of drug-likeness (QED) is 0.908. The number of halogens is 1. The number of rotatable bonds is 5. The number of carbonyl (C=O) groups is 2. The van der Waals surface area contributed by atoms with Crippen molar-refractivity contribution in [1.82, 2.24) is 4.90 Å². The zero-order valence-electron chi connectivity index (χ0n) is 13.1. The van der Waals surface area contributed by atoms with Crippen LogP contribution in [0.15, 0.2) is 24.3 Å². The van der Waals surface area contributed by atoms with Crippen molar-refractivity contribution in [2.24, 2.45) is 5.92 Å². The lowest BCUT2D eigenvalue weighted by atomic mass is 9.89. The van der Waals surface area contributed by atoms with Gasteiger partial charge in [-0.3, -0.25) is 9.59 Å². The molecule has 0 spiro atoms. The maximum Gasteiger partial charge on any atom is 0.303 e. The Labute approximate surface area is 135 Å². The van der Waals surface area contributed by atoms with Crippen molar-refractivity contribution >= 4 is 11.9 Å². The van der Waals surface area contributed by atoms with Crippen molar-refractivity contribution in [2.45, 2.75) is 43.9 Å². The van der Waals surface area contributed by atoms with Gasteiger partial charge in [0.05, 0.1) is 5.41 Å². The number of piperidine rings is 1. The molecule has 4 nitrogen and oxygen atoms in total. The third kappa shape index (κ3) is 3.23. The van der Waals surface area contributed by atoms with Crippen LogP contribution in [0.25, 0.3) is 0 Å². The molecule has 124 valence electrons. The number of carbonyl (C=O) groups excluding carboxylic acids is 1. The van der Waals surface area contributed by atoms with Gasteiger partial charge in [-0.25, -0.2) is 4.39 Å². The fourth-order valence-electron chi connectivity index (χ4n) is 3.69. The summed E-state index contributed by atoms with van der Waals surface area (Å²) in [6.07, 6.45) is 4.00. The van der Waals surface area contributed by atoms with Gasteiger partial charge in [0.15, 0.2) is 0 Å². The maximum absolute atomic E-state index is 14.1. The molecule has 1 saturated heterocycles. The first kappa shape index (κ1) is 16.0. The van der Waals surface area contributed by atoms with Gasteiger partial charge in [-0.2, -0.15) is 0 Å². The molecule has 5 heteroatoms. The molecule has 1 aliphatic heterocycles. The number of aliphatic carboxylic acids is 1. The predicted octanol–water partition coefficient (Wildman–Crippen LogP) is 2.96. The average molecular weight is 319 g/mol. The summed E-state index contributed by atoms with van der Waals surface area (Å²) in [5.41, 5.74) is -0.169. The summed E-state index contributed by atoms with van der Waals surface area (Å²) < 4.78 is 14.1. The van der Waals surface area contributed by atoms with Crippen LogP contribution in [0.2, 0.25) is 0 Å². The van der Waals surface area contributed by atoms with Crippen LogP contribution in [0, 0.1) is 11.7 Å². The topological polar surface area (TPSA) is 57.6 Å². The van der Waals surface area contributed by atoms with Crippen molar-refractivity contribution in [2.75, 3.05) is 13.1 Å². The molecule has 1 N–H and O–H groups in total. The van der Waals surface area contributed by atoms with Crippen LogP contribution in [0.5, 0.6) is 0 Å². The van der Waals surface area contributed by atoms with Crippen molar-refractivity contribution in [1.29, 1.82) is 0 Å². The molecule has 23 heavy (non-hydrogen) atoms. The maximum atomic E-state index is 14.1. The minimum absolute atomic E-state index is 0.0163. The van der Waals surface area contributed by atoms with E-state index in [1.54, 1.807) is 18.2 Å². The van der Waals surface area contributed by atoms with E-state index in [-0.39, 0.29) is 24.1 Å². The lowest BCUT2D eigenvalue weighted by Crippen LogP contribution is -2.45. The first-order valence-electron chi connectivity index (χ1n) is 8.29. The Hall–Kier alpha value is -1.91. The lowest BCUT2D eigenvalue weighted by Gasteiger charge is -2.35. The molecule has 0 radical (unpaired) electrons. The minimum atomic E-state index is -0.793. The largest absolute Gasteiger partial charge is 0.481 e. The Bertz CT molecular complexity index is 612. The van der Waals surface area contributed by atoms with E-state index >= 15 is 0 Å². The van der Waals surface area contributed by atoms with E-state index in [2.05, 4.69) is 0 Å². The number of carboxylic acids is 1. The fraction of sp³-hybridized carbons (Fsp3) is 0.556. The highest BCUT2D eigenvalue weighted by Gasteiger charge is 2.54. The molecule has 1 amide bonds. The highest BCUT2D eigenvalue weighted by atomic mass is 19.1. The Balaban J connectivity index is 1.70. The third-order valence-electron chi connectivity index (χ3n) is 5.12. The molecule has 0 bridgehead atoms. The van der Waals surface area contributed by atoms with E-state index in [1.165, 1.54) is 6.07 Å². The van der Waals surface area contributed by atoms with Crippen LogP contribution in [-0.2, 0) is 15.0 Å². The molecule has 2 fully saturated rings. The summed E-state index contributed by atoms with van der Waals surface area (Å²) in [4.78, 5) is 25.5.